The highest BCUT2D eigenvalue weighted by atomic mass is 35.5. The number of fused-ring (bicyclic) bond motifs is 1. The fraction of sp³-hybridized carbons (Fsp3) is 0.111. The van der Waals surface area contributed by atoms with Crippen LogP contribution < -0.4 is 10.6 Å². The average molecular weight is 405 g/mol. The van der Waals surface area contributed by atoms with Crippen molar-refractivity contribution >= 4 is 44.6 Å². The summed E-state index contributed by atoms with van der Waals surface area (Å²) in [5.74, 6) is -0.582. The number of aromatic nitrogens is 1. The van der Waals surface area contributed by atoms with E-state index in [0.717, 1.165) is 29.0 Å². The van der Waals surface area contributed by atoms with Crippen LogP contribution in [0.2, 0.25) is 5.02 Å². The van der Waals surface area contributed by atoms with Gasteiger partial charge >= 0.3 is 0 Å². The molecule has 0 unspecified atom stereocenters. The zero-order valence-corrected chi connectivity index (χ0v) is 15.9. The molecule has 2 aromatic carbocycles. The second-order valence-electron chi connectivity index (χ2n) is 5.83. The first kappa shape index (κ1) is 19.1. The molecule has 1 amide bonds. The number of amides is 1. The number of carbonyl (C=O) groups is 1. The van der Waals surface area contributed by atoms with Crippen LogP contribution in [0.25, 0.3) is 10.9 Å². The van der Waals surface area contributed by atoms with Crippen LogP contribution >= 0.6 is 11.6 Å². The zero-order valence-electron chi connectivity index (χ0n) is 14.4. The first-order chi connectivity index (χ1) is 12.8. The quantitative estimate of drug-likeness (QED) is 0.448. The molecule has 4 N–H and O–H groups in total. The number of halogens is 1. The minimum Gasteiger partial charge on any atom is -0.360 e. The van der Waals surface area contributed by atoms with Gasteiger partial charge in [-0.25, -0.2) is 19.0 Å². The van der Waals surface area contributed by atoms with Crippen molar-refractivity contribution in [2.75, 3.05) is 0 Å². The molecule has 140 valence electrons. The van der Waals surface area contributed by atoms with Crippen molar-refractivity contribution in [2.45, 2.75) is 18.2 Å². The topological polar surface area (TPSA) is 117 Å². The summed E-state index contributed by atoms with van der Waals surface area (Å²) >= 11 is 5.81. The molecule has 27 heavy (non-hydrogen) atoms. The highest BCUT2D eigenvalue weighted by Crippen LogP contribution is 2.22. The summed E-state index contributed by atoms with van der Waals surface area (Å²) in [5.41, 5.74) is 5.48. The predicted molar refractivity (Wildman–Crippen MR) is 106 cm³/mol. The second-order valence-corrected chi connectivity index (χ2v) is 7.76. The first-order valence-corrected chi connectivity index (χ1v) is 9.98. The number of sulfonamides is 1. The Morgan fingerprint density at radius 1 is 1.33 bits per heavy atom. The number of benzene rings is 2. The summed E-state index contributed by atoms with van der Waals surface area (Å²) in [6.07, 6.45) is 4.22. The Labute approximate surface area is 161 Å². The van der Waals surface area contributed by atoms with Gasteiger partial charge in [0.15, 0.2) is 0 Å². The minimum absolute atomic E-state index is 0.0527. The van der Waals surface area contributed by atoms with Crippen molar-refractivity contribution in [2.24, 2.45) is 10.2 Å². The number of hydrazone groups is 1. The zero-order chi connectivity index (χ0) is 19.6. The van der Waals surface area contributed by atoms with Gasteiger partial charge in [0.2, 0.25) is 10.0 Å². The summed E-state index contributed by atoms with van der Waals surface area (Å²) in [4.78, 5) is 15.1. The largest absolute Gasteiger partial charge is 0.360 e. The molecule has 0 saturated carbocycles. The third-order valence-electron chi connectivity index (χ3n) is 4.08. The van der Waals surface area contributed by atoms with Gasteiger partial charge in [0.05, 0.1) is 11.2 Å². The number of hydrogen-bond donors (Lipinski definition) is 3. The average Bonchev–Trinajstić information content (AvgIpc) is 3.04. The number of aromatic amines is 1. The molecule has 1 heterocycles. The number of nitrogens with zero attached hydrogens (tertiary/aromatic N) is 1. The molecule has 0 aliphatic carbocycles. The maximum absolute atomic E-state index is 12.2. The molecule has 7 nitrogen and oxygen atoms in total. The van der Waals surface area contributed by atoms with Crippen molar-refractivity contribution < 1.29 is 13.2 Å². The molecule has 0 aliphatic heterocycles. The van der Waals surface area contributed by atoms with Crippen molar-refractivity contribution in [3.8, 4) is 0 Å². The van der Waals surface area contributed by atoms with E-state index in [1.165, 1.54) is 23.9 Å². The van der Waals surface area contributed by atoms with Crippen LogP contribution in [0.3, 0.4) is 0 Å². The van der Waals surface area contributed by atoms with Crippen LogP contribution in [0.15, 0.2) is 52.6 Å². The van der Waals surface area contributed by atoms with Crippen molar-refractivity contribution in [1.29, 1.82) is 0 Å². The van der Waals surface area contributed by atoms with E-state index in [9.17, 15) is 13.2 Å². The highest BCUT2D eigenvalue weighted by molar-refractivity contribution is 7.89. The van der Waals surface area contributed by atoms with E-state index in [1.807, 2.05) is 18.2 Å². The maximum atomic E-state index is 12.2. The number of nitrogens with one attached hydrogen (secondary N) is 2. The lowest BCUT2D eigenvalue weighted by Crippen LogP contribution is -2.19. The van der Waals surface area contributed by atoms with Crippen molar-refractivity contribution in [3.05, 3.63) is 64.3 Å². The van der Waals surface area contributed by atoms with E-state index in [4.69, 9.17) is 16.7 Å². The highest BCUT2D eigenvalue weighted by Gasteiger charge is 2.16. The number of nitrogens with two attached hydrogens (primary N) is 1. The summed E-state index contributed by atoms with van der Waals surface area (Å²) in [6.45, 7) is 2.07. The number of H-pyrrole nitrogens is 1. The molecule has 3 aromatic rings. The van der Waals surface area contributed by atoms with E-state index < -0.39 is 15.9 Å². The Kier molecular flexibility index (Phi) is 5.31. The normalized spacial score (nSPS) is 12.0. The number of para-hydroxylation sites is 1. The van der Waals surface area contributed by atoms with Gasteiger partial charge in [-0.2, -0.15) is 5.10 Å². The van der Waals surface area contributed by atoms with Crippen LogP contribution in [0, 0.1) is 0 Å². The van der Waals surface area contributed by atoms with Gasteiger partial charge in [-0.15, -0.1) is 0 Å². The number of primary sulfonamides is 1. The van der Waals surface area contributed by atoms with Gasteiger partial charge in [-0.1, -0.05) is 36.7 Å². The van der Waals surface area contributed by atoms with Crippen LogP contribution in [0.1, 0.15) is 28.4 Å². The molecular weight excluding hydrogens is 388 g/mol. The molecule has 0 fully saturated rings. The molecule has 9 heteroatoms. The van der Waals surface area contributed by atoms with Crippen LogP contribution in [-0.4, -0.2) is 25.5 Å². The standard InChI is InChI=1S/C18H17ClN4O3S/c1-2-11-4-3-5-14-13(9-21-17(11)14)10-22-23-18(24)12-6-7-15(19)16(8-12)27(20,25)26/h3-10,21H,2H2,1H3,(H,23,24)(H2,20,25,26)/b22-10+. The van der Waals surface area contributed by atoms with Crippen LogP contribution in [0.4, 0.5) is 0 Å². The van der Waals surface area contributed by atoms with E-state index in [2.05, 4.69) is 22.4 Å². The number of aryl methyl sites for hydroxylation is 1. The van der Waals surface area contributed by atoms with Crippen LogP contribution in [-0.2, 0) is 16.4 Å². The molecule has 0 spiro atoms. The third-order valence-corrected chi connectivity index (χ3v) is 5.48. The maximum Gasteiger partial charge on any atom is 0.271 e. The number of rotatable bonds is 5. The monoisotopic (exact) mass is 404 g/mol. The molecular formula is C18H17ClN4O3S. The molecule has 0 saturated heterocycles. The first-order valence-electron chi connectivity index (χ1n) is 8.06. The molecule has 0 radical (unpaired) electrons. The molecule has 3 rings (SSSR count). The summed E-state index contributed by atoms with van der Waals surface area (Å²) in [7, 11) is -4.03. The SMILES string of the molecule is CCc1cccc2c(/C=N/NC(=O)c3ccc(Cl)c(S(N)(=O)=O)c3)c[nH]c12. The second kappa shape index (κ2) is 7.51. The van der Waals surface area contributed by atoms with E-state index >= 15 is 0 Å². The Morgan fingerprint density at radius 2 is 2.11 bits per heavy atom. The van der Waals surface area contributed by atoms with Gasteiger partial charge in [0, 0.05) is 28.2 Å². The summed E-state index contributed by atoms with van der Waals surface area (Å²) in [5, 5.41) is 9.99. The lowest BCUT2D eigenvalue weighted by molar-refractivity contribution is 0.0955. The van der Waals surface area contributed by atoms with Crippen LogP contribution in [0.5, 0.6) is 0 Å². The van der Waals surface area contributed by atoms with E-state index in [-0.39, 0.29) is 15.5 Å². The fourth-order valence-electron chi connectivity index (χ4n) is 2.73. The Hall–Kier alpha value is -2.68. The Morgan fingerprint density at radius 3 is 2.81 bits per heavy atom. The molecule has 0 aliphatic rings. The summed E-state index contributed by atoms with van der Waals surface area (Å²) < 4.78 is 23.0. The third kappa shape index (κ3) is 4.02. The lowest BCUT2D eigenvalue weighted by Gasteiger charge is -2.05. The minimum atomic E-state index is -4.03. The van der Waals surface area contributed by atoms with Gasteiger partial charge in [0.1, 0.15) is 4.90 Å². The lowest BCUT2D eigenvalue weighted by atomic mass is 10.1. The van der Waals surface area contributed by atoms with E-state index in [1.54, 1.807) is 6.20 Å². The Balaban J connectivity index is 1.80. The van der Waals surface area contributed by atoms with Gasteiger partial charge in [-0.3, -0.25) is 4.79 Å². The van der Waals surface area contributed by atoms with Crippen molar-refractivity contribution in [3.63, 3.8) is 0 Å². The predicted octanol–water partition coefficient (Wildman–Crippen LogP) is 2.80. The number of carbonyl (C=O) groups excluding carboxylic acids is 1. The van der Waals surface area contributed by atoms with Gasteiger partial charge in [0.25, 0.3) is 5.91 Å². The molecule has 0 bridgehead atoms. The van der Waals surface area contributed by atoms with Gasteiger partial charge in [-0.05, 0) is 30.2 Å². The summed E-state index contributed by atoms with van der Waals surface area (Å²) in [6, 6.07) is 9.78. The van der Waals surface area contributed by atoms with Crippen molar-refractivity contribution in [1.82, 2.24) is 10.4 Å². The number of hydrogen-bond acceptors (Lipinski definition) is 4. The molecule has 1 aromatic heterocycles. The fourth-order valence-corrected chi connectivity index (χ4v) is 3.80. The van der Waals surface area contributed by atoms with E-state index in [0.29, 0.717) is 0 Å². The van der Waals surface area contributed by atoms with Gasteiger partial charge < -0.3 is 4.98 Å². The smallest absolute Gasteiger partial charge is 0.271 e. The molecule has 0 atom stereocenters. The Bertz CT molecular complexity index is 1150.